The second kappa shape index (κ2) is 8.08. The summed E-state index contributed by atoms with van der Waals surface area (Å²) in [4.78, 5) is 0. The predicted molar refractivity (Wildman–Crippen MR) is 85.0 cm³/mol. The molecule has 110 valence electrons. The molecule has 2 aromatic rings. The summed E-state index contributed by atoms with van der Waals surface area (Å²) in [5, 5.41) is 4.83. The molecule has 0 spiro atoms. The number of ether oxygens (including phenoxy) is 1. The fourth-order valence-electron chi connectivity index (χ4n) is 2.45. The Labute approximate surface area is 121 Å². The van der Waals surface area contributed by atoms with Gasteiger partial charge in [-0.3, -0.25) is 0 Å². The molecule has 2 rings (SSSR count). The molecule has 0 aliphatic heterocycles. The minimum absolute atomic E-state index is 0.788. The first kappa shape index (κ1) is 15.1. The molecule has 3 heteroatoms. The van der Waals surface area contributed by atoms with E-state index in [9.17, 15) is 0 Å². The molecule has 1 N–H and O–H groups in total. The molecule has 0 fully saturated rings. The number of fused-ring (bicyclic) bond motifs is 1. The van der Waals surface area contributed by atoms with E-state index in [4.69, 9.17) is 4.74 Å². The average molecular weight is 274 g/mol. The largest absolute Gasteiger partial charge is 0.380 e. The molecule has 3 nitrogen and oxygen atoms in total. The third kappa shape index (κ3) is 3.84. The molecule has 1 aromatic heterocycles. The van der Waals surface area contributed by atoms with Crippen molar-refractivity contribution in [2.45, 2.75) is 39.8 Å². The Balaban J connectivity index is 2.04. The second-order valence-electron chi connectivity index (χ2n) is 5.15. The lowest BCUT2D eigenvalue weighted by molar-refractivity contribution is 0.127. The highest BCUT2D eigenvalue weighted by Crippen LogP contribution is 2.20. The van der Waals surface area contributed by atoms with E-state index < -0.39 is 0 Å². The molecule has 0 bridgehead atoms. The summed E-state index contributed by atoms with van der Waals surface area (Å²) < 4.78 is 7.87. The molecule has 20 heavy (non-hydrogen) atoms. The van der Waals surface area contributed by atoms with Crippen molar-refractivity contribution in [2.24, 2.45) is 0 Å². The Morgan fingerprint density at radius 2 is 2.00 bits per heavy atom. The number of benzene rings is 1. The molecule has 0 radical (unpaired) electrons. The van der Waals surface area contributed by atoms with Crippen LogP contribution in [0.25, 0.3) is 10.9 Å². The van der Waals surface area contributed by atoms with Gasteiger partial charge in [0, 0.05) is 36.8 Å². The van der Waals surface area contributed by atoms with Gasteiger partial charge in [-0.15, -0.1) is 0 Å². The van der Waals surface area contributed by atoms with Gasteiger partial charge in [0.15, 0.2) is 0 Å². The lowest BCUT2D eigenvalue weighted by Gasteiger charge is -2.08. The Morgan fingerprint density at radius 3 is 2.80 bits per heavy atom. The molecule has 0 aliphatic rings. The average Bonchev–Trinajstić information content (AvgIpc) is 2.88. The van der Waals surface area contributed by atoms with Crippen molar-refractivity contribution in [3.63, 3.8) is 0 Å². The summed E-state index contributed by atoms with van der Waals surface area (Å²) in [5.41, 5.74) is 2.69. The van der Waals surface area contributed by atoms with Crippen LogP contribution in [0.15, 0.2) is 30.5 Å². The van der Waals surface area contributed by atoms with Gasteiger partial charge in [0.05, 0.1) is 6.61 Å². The van der Waals surface area contributed by atoms with Crippen LogP contribution in [0.4, 0.5) is 0 Å². The third-order valence-corrected chi connectivity index (χ3v) is 3.47. The molecule has 1 aromatic carbocycles. The van der Waals surface area contributed by atoms with E-state index in [2.05, 4.69) is 54.2 Å². The predicted octanol–water partition coefficient (Wildman–Crippen LogP) is 3.57. The van der Waals surface area contributed by atoms with Gasteiger partial charge in [0.25, 0.3) is 0 Å². The molecule has 0 atom stereocenters. The quantitative estimate of drug-likeness (QED) is 0.708. The van der Waals surface area contributed by atoms with E-state index in [-0.39, 0.29) is 0 Å². The maximum absolute atomic E-state index is 5.58. The first-order chi connectivity index (χ1) is 9.86. The van der Waals surface area contributed by atoms with Gasteiger partial charge in [-0.2, -0.15) is 0 Å². The molecule has 0 saturated heterocycles. The van der Waals surface area contributed by atoms with Gasteiger partial charge in [-0.1, -0.05) is 26.0 Å². The second-order valence-corrected chi connectivity index (χ2v) is 5.15. The van der Waals surface area contributed by atoms with Crippen molar-refractivity contribution in [3.05, 3.63) is 36.0 Å². The summed E-state index contributed by atoms with van der Waals surface area (Å²) in [6.45, 7) is 8.92. The molecule has 1 heterocycles. The third-order valence-electron chi connectivity index (χ3n) is 3.47. The van der Waals surface area contributed by atoms with Crippen LogP contribution in [-0.2, 0) is 17.8 Å². The highest BCUT2D eigenvalue weighted by atomic mass is 16.5. The molecular weight excluding hydrogens is 248 g/mol. The fraction of sp³-hybridized carbons (Fsp3) is 0.529. The van der Waals surface area contributed by atoms with Crippen molar-refractivity contribution in [1.82, 2.24) is 9.88 Å². The number of aromatic nitrogens is 1. The minimum Gasteiger partial charge on any atom is -0.380 e. The zero-order valence-corrected chi connectivity index (χ0v) is 12.7. The van der Waals surface area contributed by atoms with Crippen LogP contribution in [0, 0.1) is 0 Å². The minimum atomic E-state index is 0.788. The number of hydrogen-bond acceptors (Lipinski definition) is 2. The SMILES string of the molecule is CCCNCc1cccc2c1ccn2CCOCCC. The molecule has 0 amide bonds. The van der Waals surface area contributed by atoms with Crippen molar-refractivity contribution in [3.8, 4) is 0 Å². The molecule has 0 unspecified atom stereocenters. The summed E-state index contributed by atoms with van der Waals surface area (Å²) in [7, 11) is 0. The summed E-state index contributed by atoms with van der Waals surface area (Å²) >= 11 is 0. The highest BCUT2D eigenvalue weighted by Gasteiger charge is 2.05. The Bertz CT molecular complexity index is 519. The Morgan fingerprint density at radius 1 is 1.10 bits per heavy atom. The first-order valence-electron chi connectivity index (χ1n) is 7.72. The lowest BCUT2D eigenvalue weighted by Crippen LogP contribution is -2.13. The van der Waals surface area contributed by atoms with Crippen molar-refractivity contribution in [2.75, 3.05) is 19.8 Å². The van der Waals surface area contributed by atoms with Gasteiger partial charge in [-0.25, -0.2) is 0 Å². The molecule has 0 aliphatic carbocycles. The van der Waals surface area contributed by atoms with Crippen LogP contribution in [0.2, 0.25) is 0 Å². The zero-order valence-electron chi connectivity index (χ0n) is 12.7. The topological polar surface area (TPSA) is 26.2 Å². The summed E-state index contributed by atoms with van der Waals surface area (Å²) in [5.74, 6) is 0. The van der Waals surface area contributed by atoms with Crippen LogP contribution in [0.5, 0.6) is 0 Å². The summed E-state index contributed by atoms with van der Waals surface area (Å²) in [6, 6.07) is 8.77. The van der Waals surface area contributed by atoms with E-state index in [0.717, 1.165) is 39.3 Å². The van der Waals surface area contributed by atoms with Crippen LogP contribution in [-0.4, -0.2) is 24.3 Å². The normalized spacial score (nSPS) is 11.3. The van der Waals surface area contributed by atoms with E-state index in [0.29, 0.717) is 0 Å². The Kier molecular flexibility index (Phi) is 6.09. The number of nitrogens with one attached hydrogen (secondary N) is 1. The monoisotopic (exact) mass is 274 g/mol. The van der Waals surface area contributed by atoms with Gasteiger partial charge in [0.1, 0.15) is 0 Å². The van der Waals surface area contributed by atoms with Crippen LogP contribution < -0.4 is 5.32 Å². The smallest absolute Gasteiger partial charge is 0.0645 e. The maximum Gasteiger partial charge on any atom is 0.0645 e. The first-order valence-corrected chi connectivity index (χ1v) is 7.72. The van der Waals surface area contributed by atoms with Crippen molar-refractivity contribution >= 4 is 10.9 Å². The highest BCUT2D eigenvalue weighted by molar-refractivity contribution is 5.83. The van der Waals surface area contributed by atoms with Crippen LogP contribution in [0.3, 0.4) is 0 Å². The molecule has 0 saturated carbocycles. The Hall–Kier alpha value is -1.32. The fourth-order valence-corrected chi connectivity index (χ4v) is 2.45. The van der Waals surface area contributed by atoms with Crippen molar-refractivity contribution < 1.29 is 4.74 Å². The van der Waals surface area contributed by atoms with Gasteiger partial charge in [-0.05, 0) is 37.1 Å². The lowest BCUT2D eigenvalue weighted by atomic mass is 10.1. The number of nitrogens with zero attached hydrogens (tertiary/aromatic N) is 1. The van der Waals surface area contributed by atoms with Gasteiger partial charge in [0.2, 0.25) is 0 Å². The van der Waals surface area contributed by atoms with Crippen LogP contribution >= 0.6 is 0 Å². The van der Waals surface area contributed by atoms with Gasteiger partial charge < -0.3 is 14.6 Å². The van der Waals surface area contributed by atoms with E-state index in [1.165, 1.54) is 22.9 Å². The van der Waals surface area contributed by atoms with Gasteiger partial charge >= 0.3 is 0 Å². The van der Waals surface area contributed by atoms with E-state index in [1.807, 2.05) is 0 Å². The zero-order chi connectivity index (χ0) is 14.2. The van der Waals surface area contributed by atoms with Crippen LogP contribution in [0.1, 0.15) is 32.3 Å². The number of hydrogen-bond donors (Lipinski definition) is 1. The maximum atomic E-state index is 5.58. The van der Waals surface area contributed by atoms with Crippen molar-refractivity contribution in [1.29, 1.82) is 0 Å². The standard InChI is InChI=1S/C17H26N2O/c1-3-9-18-14-15-6-5-7-17-16(15)8-10-19(17)11-13-20-12-4-2/h5-8,10,18H,3-4,9,11-14H2,1-2H3. The number of rotatable bonds is 9. The van der Waals surface area contributed by atoms with E-state index in [1.54, 1.807) is 0 Å². The molecular formula is C17H26N2O. The van der Waals surface area contributed by atoms with E-state index >= 15 is 0 Å². The summed E-state index contributed by atoms with van der Waals surface area (Å²) in [6.07, 6.45) is 4.43.